The standard InChI is InChI=1S/C20H21BrCl2N2O2S/c1-2-3-4-5-10-27-18-9-6-13(11-15(18)21)19(26)25-20(28)24-14-7-8-16(22)17(23)12-14/h6-9,11-12H,2-5,10H2,1H3,(H2,24,25,26,28). The summed E-state index contributed by atoms with van der Waals surface area (Å²) in [6, 6.07) is 10.2. The monoisotopic (exact) mass is 502 g/mol. The second kappa shape index (κ2) is 11.6. The maximum Gasteiger partial charge on any atom is 0.257 e. The van der Waals surface area contributed by atoms with Crippen LogP contribution in [0.15, 0.2) is 40.9 Å². The van der Waals surface area contributed by atoms with Crippen molar-refractivity contribution in [1.29, 1.82) is 0 Å². The summed E-state index contributed by atoms with van der Waals surface area (Å²) in [5, 5.41) is 6.54. The van der Waals surface area contributed by atoms with E-state index in [1.807, 2.05) is 0 Å². The fraction of sp³-hybridized carbons (Fsp3) is 0.300. The molecule has 0 fully saturated rings. The summed E-state index contributed by atoms with van der Waals surface area (Å²) in [7, 11) is 0. The molecule has 0 aliphatic heterocycles. The normalized spacial score (nSPS) is 10.4. The second-order valence-electron chi connectivity index (χ2n) is 6.09. The van der Waals surface area contributed by atoms with E-state index < -0.39 is 0 Å². The van der Waals surface area contributed by atoms with E-state index in [4.69, 9.17) is 40.2 Å². The van der Waals surface area contributed by atoms with Crippen molar-refractivity contribution in [3.8, 4) is 5.75 Å². The van der Waals surface area contributed by atoms with Crippen molar-refractivity contribution in [2.45, 2.75) is 32.6 Å². The summed E-state index contributed by atoms with van der Waals surface area (Å²) in [5.41, 5.74) is 1.09. The van der Waals surface area contributed by atoms with Crippen LogP contribution in [0, 0.1) is 0 Å². The third-order valence-corrected chi connectivity index (χ3v) is 5.42. The number of benzene rings is 2. The van der Waals surface area contributed by atoms with Crippen LogP contribution in [0.5, 0.6) is 5.75 Å². The van der Waals surface area contributed by atoms with E-state index in [2.05, 4.69) is 33.5 Å². The molecule has 150 valence electrons. The molecule has 1 amide bonds. The van der Waals surface area contributed by atoms with Crippen LogP contribution in [0.3, 0.4) is 0 Å². The predicted octanol–water partition coefficient (Wildman–Crippen LogP) is 6.84. The molecule has 0 spiro atoms. The molecular weight excluding hydrogens is 483 g/mol. The fourth-order valence-corrected chi connectivity index (χ4v) is 3.38. The summed E-state index contributed by atoms with van der Waals surface area (Å²) in [6.45, 7) is 2.83. The molecule has 0 radical (unpaired) electrons. The highest BCUT2D eigenvalue weighted by Crippen LogP contribution is 2.27. The lowest BCUT2D eigenvalue weighted by atomic mass is 10.2. The smallest absolute Gasteiger partial charge is 0.257 e. The van der Waals surface area contributed by atoms with Crippen LogP contribution in [0.2, 0.25) is 10.0 Å². The number of hydrogen-bond acceptors (Lipinski definition) is 3. The number of ether oxygens (including phenoxy) is 1. The van der Waals surface area contributed by atoms with Gasteiger partial charge in [0.05, 0.1) is 21.1 Å². The zero-order valence-electron chi connectivity index (χ0n) is 15.4. The topological polar surface area (TPSA) is 50.4 Å². The van der Waals surface area contributed by atoms with Gasteiger partial charge in [-0.05, 0) is 71.0 Å². The first-order valence-corrected chi connectivity index (χ1v) is 10.9. The first-order valence-electron chi connectivity index (χ1n) is 8.90. The molecule has 4 nitrogen and oxygen atoms in total. The Balaban J connectivity index is 1.89. The van der Waals surface area contributed by atoms with Crippen molar-refractivity contribution in [1.82, 2.24) is 5.32 Å². The highest BCUT2D eigenvalue weighted by atomic mass is 79.9. The Morgan fingerprint density at radius 3 is 2.57 bits per heavy atom. The Labute approximate surface area is 189 Å². The average molecular weight is 504 g/mol. The summed E-state index contributed by atoms with van der Waals surface area (Å²) in [4.78, 5) is 12.4. The van der Waals surface area contributed by atoms with E-state index in [0.29, 0.717) is 33.7 Å². The van der Waals surface area contributed by atoms with Gasteiger partial charge in [0, 0.05) is 11.3 Å². The third kappa shape index (κ3) is 7.24. The van der Waals surface area contributed by atoms with E-state index in [0.717, 1.165) is 17.3 Å². The van der Waals surface area contributed by atoms with Crippen LogP contribution >= 0.6 is 51.3 Å². The van der Waals surface area contributed by atoms with Crippen LogP contribution < -0.4 is 15.4 Å². The Morgan fingerprint density at radius 1 is 1.11 bits per heavy atom. The average Bonchev–Trinajstić information content (AvgIpc) is 2.65. The minimum atomic E-state index is -0.326. The minimum Gasteiger partial charge on any atom is -0.492 e. The van der Waals surface area contributed by atoms with Crippen LogP contribution in [0.1, 0.15) is 43.0 Å². The van der Waals surface area contributed by atoms with E-state index in [-0.39, 0.29) is 11.0 Å². The van der Waals surface area contributed by atoms with Crippen LogP contribution in [-0.4, -0.2) is 17.6 Å². The van der Waals surface area contributed by atoms with Gasteiger partial charge in [-0.3, -0.25) is 10.1 Å². The highest BCUT2D eigenvalue weighted by molar-refractivity contribution is 9.10. The lowest BCUT2D eigenvalue weighted by Gasteiger charge is -2.12. The van der Waals surface area contributed by atoms with Crippen LogP contribution in [0.4, 0.5) is 5.69 Å². The molecule has 0 atom stereocenters. The van der Waals surface area contributed by atoms with Crippen LogP contribution in [0.25, 0.3) is 0 Å². The summed E-state index contributed by atoms with van der Waals surface area (Å²) < 4.78 is 6.48. The molecule has 0 saturated heterocycles. The van der Waals surface area contributed by atoms with E-state index in [1.165, 1.54) is 12.8 Å². The zero-order valence-corrected chi connectivity index (χ0v) is 19.3. The molecule has 2 aromatic carbocycles. The molecule has 0 aromatic heterocycles. The zero-order chi connectivity index (χ0) is 20.5. The maximum absolute atomic E-state index is 12.4. The molecule has 0 aliphatic carbocycles. The molecule has 2 aromatic rings. The number of nitrogens with one attached hydrogen (secondary N) is 2. The molecular formula is C20H21BrCl2N2O2S. The number of amides is 1. The molecule has 28 heavy (non-hydrogen) atoms. The third-order valence-electron chi connectivity index (χ3n) is 3.85. The molecule has 8 heteroatoms. The number of carbonyl (C=O) groups excluding carboxylic acids is 1. The van der Waals surface area contributed by atoms with Crippen molar-refractivity contribution >= 4 is 68.1 Å². The first-order chi connectivity index (χ1) is 13.4. The number of halogens is 3. The Morgan fingerprint density at radius 2 is 1.89 bits per heavy atom. The molecule has 2 N–H and O–H groups in total. The predicted molar refractivity (Wildman–Crippen MR) is 124 cm³/mol. The van der Waals surface area contributed by atoms with Gasteiger partial charge in [0.2, 0.25) is 0 Å². The van der Waals surface area contributed by atoms with Crippen molar-refractivity contribution in [3.05, 3.63) is 56.5 Å². The van der Waals surface area contributed by atoms with Crippen molar-refractivity contribution in [2.75, 3.05) is 11.9 Å². The van der Waals surface area contributed by atoms with Crippen LogP contribution in [-0.2, 0) is 0 Å². The lowest BCUT2D eigenvalue weighted by molar-refractivity contribution is 0.0977. The minimum absolute atomic E-state index is 0.163. The fourth-order valence-electron chi connectivity index (χ4n) is 2.38. The van der Waals surface area contributed by atoms with Gasteiger partial charge in [-0.2, -0.15) is 0 Å². The Hall–Kier alpha value is -1.34. The van der Waals surface area contributed by atoms with Gasteiger partial charge >= 0.3 is 0 Å². The quantitative estimate of drug-likeness (QED) is 0.305. The van der Waals surface area contributed by atoms with Gasteiger partial charge in [-0.25, -0.2) is 0 Å². The Kier molecular flexibility index (Phi) is 9.51. The number of anilines is 1. The first kappa shape index (κ1) is 22.9. The van der Waals surface area contributed by atoms with Gasteiger partial charge < -0.3 is 10.1 Å². The molecule has 0 bridgehead atoms. The largest absolute Gasteiger partial charge is 0.492 e. The van der Waals surface area contributed by atoms with Gasteiger partial charge in [0.15, 0.2) is 5.11 Å². The number of thiocarbonyl (C=S) groups is 1. The number of carbonyl (C=O) groups is 1. The summed E-state index contributed by atoms with van der Waals surface area (Å²) in [6.07, 6.45) is 4.56. The molecule has 2 rings (SSSR count). The lowest BCUT2D eigenvalue weighted by Crippen LogP contribution is -2.34. The second-order valence-corrected chi connectivity index (χ2v) is 8.17. The van der Waals surface area contributed by atoms with E-state index >= 15 is 0 Å². The van der Waals surface area contributed by atoms with Crippen molar-refractivity contribution in [2.24, 2.45) is 0 Å². The highest BCUT2D eigenvalue weighted by Gasteiger charge is 2.11. The molecule has 0 saturated carbocycles. The SMILES string of the molecule is CCCCCCOc1ccc(C(=O)NC(=S)Nc2ccc(Cl)c(Cl)c2)cc1Br. The molecule has 0 unspecified atom stereocenters. The van der Waals surface area contributed by atoms with E-state index in [1.54, 1.807) is 36.4 Å². The van der Waals surface area contributed by atoms with Gasteiger partial charge in [0.1, 0.15) is 5.75 Å². The number of rotatable bonds is 8. The number of hydrogen-bond donors (Lipinski definition) is 2. The van der Waals surface area contributed by atoms with Gasteiger partial charge in [-0.1, -0.05) is 49.4 Å². The van der Waals surface area contributed by atoms with Crippen molar-refractivity contribution < 1.29 is 9.53 Å². The maximum atomic E-state index is 12.4. The van der Waals surface area contributed by atoms with E-state index in [9.17, 15) is 4.79 Å². The molecule has 0 aliphatic rings. The van der Waals surface area contributed by atoms with Gasteiger partial charge in [-0.15, -0.1) is 0 Å². The number of unbranched alkanes of at least 4 members (excludes halogenated alkanes) is 3. The summed E-state index contributed by atoms with van der Waals surface area (Å²) in [5.74, 6) is 0.386. The summed E-state index contributed by atoms with van der Waals surface area (Å²) >= 11 is 20.5. The molecule has 0 heterocycles. The van der Waals surface area contributed by atoms with Gasteiger partial charge in [0.25, 0.3) is 5.91 Å². The Bertz CT molecular complexity index is 849. The van der Waals surface area contributed by atoms with Crippen molar-refractivity contribution in [3.63, 3.8) is 0 Å².